The summed E-state index contributed by atoms with van der Waals surface area (Å²) in [6.07, 6.45) is 10.3. The number of fused-ring (bicyclic) bond motifs is 2. The van der Waals surface area contributed by atoms with Crippen LogP contribution in [0, 0.1) is 11.7 Å². The van der Waals surface area contributed by atoms with Gasteiger partial charge in [-0.05, 0) is 65.6 Å². The van der Waals surface area contributed by atoms with E-state index < -0.39 is 8.32 Å². The highest BCUT2D eigenvalue weighted by Crippen LogP contribution is 2.43. The SMILES string of the molecule is CC(C)(CC[C@H]1CC[C@H](n2c(=O)[nH]c3cnc(-c4cnc5ccc(F)cn45)nc32)CC1)[Si](O)(c1ccccc1)c1ccccc1. The molecule has 1 fully saturated rings. The molecular formula is C35H37FN6O2Si. The van der Waals surface area contributed by atoms with Crippen LogP contribution in [0.3, 0.4) is 0 Å². The monoisotopic (exact) mass is 620 g/mol. The molecule has 1 saturated carbocycles. The number of halogens is 1. The Bertz CT molecular complexity index is 1970. The van der Waals surface area contributed by atoms with Gasteiger partial charge < -0.3 is 9.78 Å². The first kappa shape index (κ1) is 29.3. The van der Waals surface area contributed by atoms with E-state index in [0.29, 0.717) is 34.2 Å². The second kappa shape index (κ2) is 11.5. The van der Waals surface area contributed by atoms with E-state index in [0.717, 1.165) is 48.9 Å². The highest BCUT2D eigenvalue weighted by molar-refractivity contribution is 6.98. The number of hydrogen-bond acceptors (Lipinski definition) is 5. The molecule has 1 aliphatic rings. The van der Waals surface area contributed by atoms with Gasteiger partial charge >= 0.3 is 5.69 Å². The molecule has 8 nitrogen and oxygen atoms in total. The molecule has 4 heterocycles. The Labute approximate surface area is 261 Å². The zero-order valence-electron chi connectivity index (χ0n) is 25.5. The van der Waals surface area contributed by atoms with Gasteiger partial charge in [-0.2, -0.15) is 0 Å². The highest BCUT2D eigenvalue weighted by Gasteiger charge is 2.49. The van der Waals surface area contributed by atoms with Gasteiger partial charge in [-0.3, -0.25) is 8.97 Å². The van der Waals surface area contributed by atoms with E-state index in [1.54, 1.807) is 27.4 Å². The van der Waals surface area contributed by atoms with Crippen molar-refractivity contribution in [3.8, 4) is 11.5 Å². The quantitative estimate of drug-likeness (QED) is 0.215. The van der Waals surface area contributed by atoms with Crippen LogP contribution in [0.1, 0.15) is 58.4 Å². The summed E-state index contributed by atoms with van der Waals surface area (Å²) in [5, 5.41) is 1.80. The van der Waals surface area contributed by atoms with Crippen LogP contribution in [0.4, 0.5) is 4.39 Å². The number of nitrogens with one attached hydrogen (secondary N) is 1. The van der Waals surface area contributed by atoms with Crippen molar-refractivity contribution >= 4 is 35.5 Å². The second-order valence-electron chi connectivity index (χ2n) is 13.0. The largest absolute Gasteiger partial charge is 0.424 e. The van der Waals surface area contributed by atoms with Crippen LogP contribution < -0.4 is 16.1 Å². The molecular weight excluding hydrogens is 584 g/mol. The Kier molecular flexibility index (Phi) is 7.49. The molecule has 4 aromatic heterocycles. The molecule has 7 rings (SSSR count). The molecule has 230 valence electrons. The molecule has 0 saturated heterocycles. The first-order valence-corrected chi connectivity index (χ1v) is 17.6. The summed E-state index contributed by atoms with van der Waals surface area (Å²) in [4.78, 5) is 42.2. The van der Waals surface area contributed by atoms with E-state index in [1.807, 2.05) is 36.4 Å². The molecule has 0 radical (unpaired) electrons. The maximum atomic E-state index is 14.0. The minimum Gasteiger partial charge on any atom is -0.424 e. The Morgan fingerprint density at radius 2 is 1.60 bits per heavy atom. The summed E-state index contributed by atoms with van der Waals surface area (Å²) in [5.74, 6) is 0.524. The van der Waals surface area contributed by atoms with Gasteiger partial charge in [0.25, 0.3) is 8.32 Å². The van der Waals surface area contributed by atoms with Crippen LogP contribution in [0.25, 0.3) is 28.3 Å². The lowest BCUT2D eigenvalue weighted by Gasteiger charge is -2.42. The van der Waals surface area contributed by atoms with Gasteiger partial charge in [-0.25, -0.2) is 24.1 Å². The molecule has 0 unspecified atom stereocenters. The Hall–Kier alpha value is -4.41. The normalized spacial score (nSPS) is 17.7. The molecule has 1 aliphatic carbocycles. The van der Waals surface area contributed by atoms with Crippen LogP contribution >= 0.6 is 0 Å². The Morgan fingerprint density at radius 1 is 0.933 bits per heavy atom. The lowest BCUT2D eigenvalue weighted by Crippen LogP contribution is -2.65. The third-order valence-corrected chi connectivity index (χ3v) is 14.4. The first-order chi connectivity index (χ1) is 21.7. The number of aromatic amines is 1. The predicted octanol–water partition coefficient (Wildman–Crippen LogP) is 5.62. The fourth-order valence-corrected chi connectivity index (χ4v) is 11.0. The number of aromatic nitrogens is 6. The van der Waals surface area contributed by atoms with E-state index >= 15 is 0 Å². The van der Waals surface area contributed by atoms with E-state index in [1.165, 1.54) is 12.3 Å². The minimum atomic E-state index is -3.05. The number of pyridine rings is 1. The third kappa shape index (κ3) is 5.21. The van der Waals surface area contributed by atoms with E-state index in [2.05, 4.69) is 53.1 Å². The topological polar surface area (TPSA) is 101 Å². The van der Waals surface area contributed by atoms with Crippen LogP contribution in [0.5, 0.6) is 0 Å². The van der Waals surface area contributed by atoms with Crippen molar-refractivity contribution in [2.45, 2.75) is 63.5 Å². The average Bonchev–Trinajstić information content (AvgIpc) is 3.63. The van der Waals surface area contributed by atoms with Crippen molar-refractivity contribution < 1.29 is 9.19 Å². The fourth-order valence-electron chi connectivity index (χ4n) is 7.24. The van der Waals surface area contributed by atoms with Crippen molar-refractivity contribution in [2.24, 2.45) is 5.92 Å². The number of imidazole rings is 2. The molecule has 0 aliphatic heterocycles. The zero-order valence-corrected chi connectivity index (χ0v) is 26.5. The van der Waals surface area contributed by atoms with Gasteiger partial charge in [0.1, 0.15) is 22.7 Å². The fraction of sp³-hybridized carbons (Fsp3) is 0.314. The number of rotatable bonds is 8. The van der Waals surface area contributed by atoms with Gasteiger partial charge in [0, 0.05) is 12.2 Å². The van der Waals surface area contributed by atoms with E-state index in [9.17, 15) is 14.0 Å². The third-order valence-electron chi connectivity index (χ3n) is 9.88. The van der Waals surface area contributed by atoms with Gasteiger partial charge in [0.05, 0.1) is 12.4 Å². The van der Waals surface area contributed by atoms with Crippen molar-refractivity contribution in [1.82, 2.24) is 28.9 Å². The summed E-state index contributed by atoms with van der Waals surface area (Å²) >= 11 is 0. The summed E-state index contributed by atoms with van der Waals surface area (Å²) in [6, 6.07) is 23.4. The Balaban J connectivity index is 1.09. The molecule has 0 atom stereocenters. The van der Waals surface area contributed by atoms with Crippen molar-refractivity contribution in [1.29, 1.82) is 0 Å². The number of benzene rings is 2. The van der Waals surface area contributed by atoms with Crippen LogP contribution in [0.15, 0.2) is 96.2 Å². The Morgan fingerprint density at radius 3 is 2.27 bits per heavy atom. The minimum absolute atomic E-state index is 0.0258. The van der Waals surface area contributed by atoms with E-state index in [-0.39, 0.29) is 22.6 Å². The van der Waals surface area contributed by atoms with Crippen LogP contribution in [0.2, 0.25) is 5.04 Å². The molecule has 10 heteroatoms. The van der Waals surface area contributed by atoms with Crippen LogP contribution in [-0.4, -0.2) is 42.0 Å². The van der Waals surface area contributed by atoms with Crippen molar-refractivity contribution in [3.05, 3.63) is 108 Å². The molecule has 45 heavy (non-hydrogen) atoms. The lowest BCUT2D eigenvalue weighted by atomic mass is 9.82. The molecule has 2 N–H and O–H groups in total. The van der Waals surface area contributed by atoms with Crippen molar-refractivity contribution in [2.75, 3.05) is 0 Å². The summed E-state index contributed by atoms with van der Waals surface area (Å²) in [7, 11) is -3.05. The number of H-pyrrole nitrogens is 1. The molecule has 0 amide bonds. The maximum absolute atomic E-state index is 14.0. The molecule has 0 spiro atoms. The lowest BCUT2D eigenvalue weighted by molar-refractivity contribution is 0.252. The summed E-state index contributed by atoms with van der Waals surface area (Å²) in [5.41, 5.74) is 2.11. The smallest absolute Gasteiger partial charge is 0.327 e. The number of nitrogens with zero attached hydrogens (tertiary/aromatic N) is 5. The maximum Gasteiger partial charge on any atom is 0.327 e. The number of hydrogen-bond donors (Lipinski definition) is 2. The molecule has 6 aromatic rings. The average molecular weight is 621 g/mol. The predicted molar refractivity (Wildman–Crippen MR) is 177 cm³/mol. The standard InChI is InChI=1S/C35H37FN6O2Si/c1-35(2,45(44,27-9-5-3-6-10-27)28-11-7-4-8-12-28)20-19-24-13-16-26(17-14-24)42-33-29(39-34(42)43)21-38-32(40-33)30-22-37-31-18-15-25(36)23-41(30)31/h3-12,15,18,21-24,26,44H,13-14,16-17,19-20H2,1-2H3,(H,39,43)/t24-,26-. The first-order valence-electron chi connectivity index (χ1n) is 15.7. The molecule has 0 bridgehead atoms. The van der Waals surface area contributed by atoms with Gasteiger partial charge in [0.2, 0.25) is 0 Å². The van der Waals surface area contributed by atoms with Crippen LogP contribution in [-0.2, 0) is 0 Å². The zero-order chi connectivity index (χ0) is 31.2. The van der Waals surface area contributed by atoms with Gasteiger partial charge in [-0.1, -0.05) is 80.9 Å². The van der Waals surface area contributed by atoms with E-state index in [4.69, 9.17) is 4.98 Å². The van der Waals surface area contributed by atoms with Crippen molar-refractivity contribution in [3.63, 3.8) is 0 Å². The van der Waals surface area contributed by atoms with Gasteiger partial charge in [0.15, 0.2) is 11.5 Å². The molecule has 2 aromatic carbocycles. The summed E-state index contributed by atoms with van der Waals surface area (Å²) < 4.78 is 17.4. The summed E-state index contributed by atoms with van der Waals surface area (Å²) in [6.45, 7) is 4.46. The van der Waals surface area contributed by atoms with Gasteiger partial charge in [-0.15, -0.1) is 0 Å². The second-order valence-corrected chi connectivity index (χ2v) is 16.9. The highest BCUT2D eigenvalue weighted by atomic mass is 28.4.